The van der Waals surface area contributed by atoms with Crippen LogP contribution in [0.15, 0.2) is 18.2 Å². The van der Waals surface area contributed by atoms with Gasteiger partial charge in [-0.25, -0.2) is 4.98 Å². The summed E-state index contributed by atoms with van der Waals surface area (Å²) in [6, 6.07) is 6.81. The van der Waals surface area contributed by atoms with E-state index in [9.17, 15) is 0 Å². The summed E-state index contributed by atoms with van der Waals surface area (Å²) in [5.74, 6) is 1.98. The van der Waals surface area contributed by atoms with Crippen molar-refractivity contribution in [3.63, 3.8) is 0 Å². The van der Waals surface area contributed by atoms with Crippen LogP contribution in [-0.2, 0) is 6.42 Å². The summed E-state index contributed by atoms with van der Waals surface area (Å²) in [6.07, 6.45) is 3.45. The van der Waals surface area contributed by atoms with E-state index in [2.05, 4.69) is 43.5 Å². The Morgan fingerprint density at radius 2 is 2.11 bits per heavy atom. The number of anilines is 1. The molecule has 0 bridgehead atoms. The van der Waals surface area contributed by atoms with Crippen molar-refractivity contribution in [2.75, 3.05) is 5.73 Å². The van der Waals surface area contributed by atoms with Gasteiger partial charge in [0, 0.05) is 18.0 Å². The Bertz CT molecular complexity index is 625. The lowest BCUT2D eigenvalue weighted by Crippen LogP contribution is -2.16. The number of nitrogens with zero attached hydrogens (tertiary/aromatic N) is 2. The van der Waals surface area contributed by atoms with Crippen LogP contribution in [0.3, 0.4) is 0 Å². The van der Waals surface area contributed by atoms with Crippen molar-refractivity contribution in [1.82, 2.24) is 9.55 Å². The highest BCUT2D eigenvalue weighted by molar-refractivity contribution is 5.74. The highest BCUT2D eigenvalue weighted by Crippen LogP contribution is 2.35. The van der Waals surface area contributed by atoms with Gasteiger partial charge in [0.2, 0.25) is 0 Å². The molecule has 2 aromatic rings. The molecular weight excluding hydrogens is 234 g/mol. The zero-order chi connectivity index (χ0) is 13.6. The van der Waals surface area contributed by atoms with E-state index in [4.69, 9.17) is 10.7 Å². The predicted octanol–water partition coefficient (Wildman–Crippen LogP) is 3.65. The number of imidazole rings is 1. The monoisotopic (exact) mass is 255 g/mol. The number of aryl methyl sites for hydroxylation is 2. The lowest BCUT2D eigenvalue weighted by Gasteiger charge is -2.22. The van der Waals surface area contributed by atoms with Crippen molar-refractivity contribution in [2.24, 2.45) is 0 Å². The Kier molecular flexibility index (Phi) is 2.85. The molecule has 0 saturated carbocycles. The van der Waals surface area contributed by atoms with Gasteiger partial charge >= 0.3 is 0 Å². The van der Waals surface area contributed by atoms with Crippen LogP contribution in [0.2, 0.25) is 0 Å². The van der Waals surface area contributed by atoms with Crippen molar-refractivity contribution in [3.8, 4) is 11.3 Å². The number of rotatable bonds is 1. The molecule has 0 radical (unpaired) electrons. The van der Waals surface area contributed by atoms with Crippen LogP contribution in [0.4, 0.5) is 5.82 Å². The van der Waals surface area contributed by atoms with E-state index in [-0.39, 0.29) is 0 Å². The number of benzene rings is 1. The van der Waals surface area contributed by atoms with E-state index in [0.717, 1.165) is 23.8 Å². The van der Waals surface area contributed by atoms with Gasteiger partial charge in [0.15, 0.2) is 0 Å². The topological polar surface area (TPSA) is 43.8 Å². The smallest absolute Gasteiger partial charge is 0.131 e. The lowest BCUT2D eigenvalue weighted by atomic mass is 10.0. The van der Waals surface area contributed by atoms with Crippen LogP contribution in [-0.4, -0.2) is 9.55 Å². The Hall–Kier alpha value is -1.77. The highest BCUT2D eigenvalue weighted by atomic mass is 15.2. The third-order valence-electron chi connectivity index (χ3n) is 4.34. The molecule has 0 aliphatic carbocycles. The molecule has 1 aromatic heterocycles. The summed E-state index contributed by atoms with van der Waals surface area (Å²) in [5.41, 5.74) is 11.1. The second-order valence-electron chi connectivity index (χ2n) is 5.62. The zero-order valence-electron chi connectivity index (χ0n) is 11.9. The number of fused-ring (bicyclic) bond motifs is 1. The Balaban J connectivity index is 2.19. The van der Waals surface area contributed by atoms with Crippen LogP contribution in [0.1, 0.15) is 42.8 Å². The Labute approximate surface area is 114 Å². The number of hydrogen-bond donors (Lipinski definition) is 1. The van der Waals surface area contributed by atoms with Gasteiger partial charge in [-0.2, -0.15) is 0 Å². The fraction of sp³-hybridized carbons (Fsp3) is 0.438. The highest BCUT2D eigenvalue weighted by Gasteiger charge is 2.23. The minimum absolute atomic E-state index is 0.468. The van der Waals surface area contributed by atoms with Crippen molar-refractivity contribution in [3.05, 3.63) is 35.2 Å². The molecule has 100 valence electrons. The van der Waals surface area contributed by atoms with E-state index in [1.54, 1.807) is 0 Å². The molecule has 0 amide bonds. The minimum Gasteiger partial charge on any atom is -0.383 e. The first-order chi connectivity index (χ1) is 9.09. The number of aromatic nitrogens is 2. The van der Waals surface area contributed by atoms with Gasteiger partial charge in [0.25, 0.3) is 0 Å². The van der Waals surface area contributed by atoms with Gasteiger partial charge in [-0.3, -0.25) is 0 Å². The average molecular weight is 255 g/mol. The van der Waals surface area contributed by atoms with E-state index >= 15 is 0 Å². The first-order valence-corrected chi connectivity index (χ1v) is 7.02. The molecule has 1 aliphatic rings. The van der Waals surface area contributed by atoms with Gasteiger partial charge in [-0.1, -0.05) is 18.2 Å². The van der Waals surface area contributed by atoms with Gasteiger partial charge in [-0.05, 0) is 44.7 Å². The zero-order valence-corrected chi connectivity index (χ0v) is 11.9. The first kappa shape index (κ1) is 12.3. The van der Waals surface area contributed by atoms with E-state index in [1.807, 2.05) is 0 Å². The quantitative estimate of drug-likeness (QED) is 0.845. The maximum absolute atomic E-state index is 6.37. The summed E-state index contributed by atoms with van der Waals surface area (Å²) in [5, 5.41) is 0. The molecule has 0 fully saturated rings. The van der Waals surface area contributed by atoms with Gasteiger partial charge in [-0.15, -0.1) is 0 Å². The van der Waals surface area contributed by atoms with Crippen LogP contribution >= 0.6 is 0 Å². The van der Waals surface area contributed by atoms with Crippen molar-refractivity contribution < 1.29 is 0 Å². The summed E-state index contributed by atoms with van der Waals surface area (Å²) in [4.78, 5) is 4.81. The van der Waals surface area contributed by atoms with Crippen molar-refractivity contribution >= 4 is 5.82 Å². The summed E-state index contributed by atoms with van der Waals surface area (Å²) in [7, 11) is 0. The van der Waals surface area contributed by atoms with Crippen LogP contribution in [0.25, 0.3) is 11.3 Å². The minimum atomic E-state index is 0.468. The molecule has 1 atom stereocenters. The summed E-state index contributed by atoms with van der Waals surface area (Å²) < 4.78 is 2.22. The largest absolute Gasteiger partial charge is 0.383 e. The molecule has 19 heavy (non-hydrogen) atoms. The van der Waals surface area contributed by atoms with Crippen LogP contribution in [0, 0.1) is 13.8 Å². The fourth-order valence-electron chi connectivity index (χ4n) is 3.05. The fourth-order valence-corrected chi connectivity index (χ4v) is 3.05. The number of hydrogen-bond acceptors (Lipinski definition) is 2. The first-order valence-electron chi connectivity index (χ1n) is 7.02. The van der Waals surface area contributed by atoms with E-state index in [0.29, 0.717) is 6.04 Å². The second kappa shape index (κ2) is 4.41. The Morgan fingerprint density at radius 3 is 2.84 bits per heavy atom. The molecule has 2 heterocycles. The molecule has 1 aliphatic heterocycles. The van der Waals surface area contributed by atoms with Gasteiger partial charge < -0.3 is 10.3 Å². The molecule has 1 unspecified atom stereocenters. The lowest BCUT2D eigenvalue weighted by molar-refractivity contribution is 0.430. The molecule has 1 aromatic carbocycles. The molecule has 3 nitrogen and oxygen atoms in total. The maximum atomic E-state index is 6.37. The van der Waals surface area contributed by atoms with Gasteiger partial charge in [0.1, 0.15) is 17.3 Å². The molecule has 0 spiro atoms. The normalized spacial score (nSPS) is 18.4. The molecule has 3 rings (SSSR count). The van der Waals surface area contributed by atoms with Crippen LogP contribution in [0.5, 0.6) is 0 Å². The molecule has 3 heteroatoms. The maximum Gasteiger partial charge on any atom is 0.131 e. The molecule has 0 saturated heterocycles. The van der Waals surface area contributed by atoms with E-state index in [1.165, 1.54) is 29.5 Å². The number of nitrogens with two attached hydrogens (primary N) is 1. The summed E-state index contributed by atoms with van der Waals surface area (Å²) in [6.45, 7) is 6.51. The average Bonchev–Trinajstić information content (AvgIpc) is 2.72. The molecular formula is C16H21N3. The van der Waals surface area contributed by atoms with Crippen LogP contribution < -0.4 is 5.73 Å². The van der Waals surface area contributed by atoms with Crippen molar-refractivity contribution in [2.45, 2.75) is 46.1 Å². The Morgan fingerprint density at radius 1 is 1.32 bits per heavy atom. The predicted molar refractivity (Wildman–Crippen MR) is 79.2 cm³/mol. The second-order valence-corrected chi connectivity index (χ2v) is 5.62. The SMILES string of the molecule is Cc1cccc(-c2nc3n(c2N)C(C)CCC3)c1C. The third-order valence-corrected chi connectivity index (χ3v) is 4.34. The van der Waals surface area contributed by atoms with Crippen molar-refractivity contribution in [1.29, 1.82) is 0 Å². The number of nitrogen functional groups attached to an aromatic ring is 1. The van der Waals surface area contributed by atoms with Gasteiger partial charge in [0.05, 0.1) is 0 Å². The third kappa shape index (κ3) is 1.84. The molecule has 2 N–H and O–H groups in total. The van der Waals surface area contributed by atoms with E-state index < -0.39 is 0 Å². The summed E-state index contributed by atoms with van der Waals surface area (Å²) >= 11 is 0. The standard InChI is InChI=1S/C16H21N3/c1-10-6-4-8-13(12(10)3)15-16(17)19-11(2)7-5-9-14(19)18-15/h4,6,8,11H,5,7,9,17H2,1-3H3.